The Morgan fingerprint density at radius 2 is 2.00 bits per heavy atom. The summed E-state index contributed by atoms with van der Waals surface area (Å²) in [7, 11) is 0. The summed E-state index contributed by atoms with van der Waals surface area (Å²) < 4.78 is 27.5. The van der Waals surface area contributed by atoms with Crippen molar-refractivity contribution in [2.45, 2.75) is 5.67 Å². The van der Waals surface area contributed by atoms with Crippen LogP contribution in [0.3, 0.4) is 0 Å². The van der Waals surface area contributed by atoms with E-state index in [1.807, 2.05) is 0 Å². The molecular weight excluding hydrogens is 228 g/mol. The second-order valence-electron chi connectivity index (χ2n) is 3.60. The number of para-hydroxylation sites is 1. The van der Waals surface area contributed by atoms with Crippen LogP contribution in [0.1, 0.15) is 5.56 Å². The molecule has 0 amide bonds. The number of nitro benzene ring substituents is 1. The van der Waals surface area contributed by atoms with Gasteiger partial charge in [-0.3, -0.25) is 10.1 Å². The molecule has 1 aromatic rings. The van der Waals surface area contributed by atoms with E-state index in [0.717, 1.165) is 18.6 Å². The fraction of sp³-hybridized carbons (Fsp3) is 0.0833. The average Bonchev–Trinajstić information content (AvgIpc) is 2.28. The number of nitrogens with zero attached hydrogens (tertiary/aromatic N) is 1. The van der Waals surface area contributed by atoms with Crippen LogP contribution in [0.4, 0.5) is 14.5 Å². The van der Waals surface area contributed by atoms with Gasteiger partial charge in [-0.1, -0.05) is 18.2 Å². The van der Waals surface area contributed by atoms with Crippen LogP contribution in [-0.2, 0) is 5.67 Å². The molecule has 17 heavy (non-hydrogen) atoms. The van der Waals surface area contributed by atoms with Gasteiger partial charge in [-0.05, 0) is 18.2 Å². The fourth-order valence-corrected chi connectivity index (χ4v) is 1.70. The van der Waals surface area contributed by atoms with Gasteiger partial charge in [0.25, 0.3) is 5.69 Å². The number of nitro groups is 1. The van der Waals surface area contributed by atoms with Gasteiger partial charge in [0.1, 0.15) is 5.83 Å². The fourth-order valence-electron chi connectivity index (χ4n) is 1.70. The molecule has 0 saturated carbocycles. The van der Waals surface area contributed by atoms with Crippen molar-refractivity contribution in [2.75, 3.05) is 0 Å². The molecular formula is C12H8F2NO2. The molecule has 87 valence electrons. The van der Waals surface area contributed by atoms with Gasteiger partial charge >= 0.3 is 0 Å². The standard InChI is InChI=1S/C12H8F2NO2/c13-9-4-3-7-12(14,8-9)10-5-1-2-6-11(10)15(16)17/h1-8H. The SMILES string of the molecule is O=[N+]([O-])c1ccccc1C1(F)[CH]C=CC(F)=C1. The molecule has 2 rings (SSSR count). The van der Waals surface area contributed by atoms with Crippen LogP contribution in [-0.4, -0.2) is 4.92 Å². The molecule has 0 aromatic heterocycles. The summed E-state index contributed by atoms with van der Waals surface area (Å²) in [5.74, 6) is -0.756. The Kier molecular flexibility index (Phi) is 2.75. The van der Waals surface area contributed by atoms with Crippen molar-refractivity contribution in [3.05, 3.63) is 70.4 Å². The lowest BCUT2D eigenvalue weighted by molar-refractivity contribution is -0.386. The highest BCUT2D eigenvalue weighted by Crippen LogP contribution is 2.39. The number of hydrogen-bond acceptors (Lipinski definition) is 2. The normalized spacial score (nSPS) is 23.3. The monoisotopic (exact) mass is 236 g/mol. The third-order valence-electron chi connectivity index (χ3n) is 2.46. The summed E-state index contributed by atoms with van der Waals surface area (Å²) in [6.07, 6.45) is 4.09. The largest absolute Gasteiger partial charge is 0.276 e. The van der Waals surface area contributed by atoms with E-state index >= 15 is 0 Å². The summed E-state index contributed by atoms with van der Waals surface area (Å²) in [4.78, 5) is 10.1. The highest BCUT2D eigenvalue weighted by molar-refractivity contribution is 5.50. The maximum atomic E-state index is 14.4. The molecule has 0 bridgehead atoms. The van der Waals surface area contributed by atoms with Crippen LogP contribution in [0.25, 0.3) is 0 Å². The first-order valence-corrected chi connectivity index (χ1v) is 4.87. The lowest BCUT2D eigenvalue weighted by atomic mass is 9.88. The number of rotatable bonds is 2. The first kappa shape index (κ1) is 11.4. The van der Waals surface area contributed by atoms with Crippen LogP contribution in [0, 0.1) is 16.5 Å². The minimum absolute atomic E-state index is 0.176. The average molecular weight is 236 g/mol. The summed E-state index contributed by atoms with van der Waals surface area (Å²) >= 11 is 0. The third-order valence-corrected chi connectivity index (χ3v) is 2.46. The van der Waals surface area contributed by atoms with Crippen molar-refractivity contribution >= 4 is 5.69 Å². The molecule has 5 heteroatoms. The van der Waals surface area contributed by atoms with Crippen LogP contribution < -0.4 is 0 Å². The molecule has 1 aliphatic carbocycles. The lowest BCUT2D eigenvalue weighted by Crippen LogP contribution is -2.20. The highest BCUT2D eigenvalue weighted by atomic mass is 19.1. The van der Waals surface area contributed by atoms with Crippen molar-refractivity contribution in [3.8, 4) is 0 Å². The molecule has 0 N–H and O–H groups in total. The highest BCUT2D eigenvalue weighted by Gasteiger charge is 2.37. The minimum Gasteiger partial charge on any atom is -0.258 e. The van der Waals surface area contributed by atoms with Crippen LogP contribution in [0.5, 0.6) is 0 Å². The molecule has 1 radical (unpaired) electrons. The number of benzene rings is 1. The molecule has 0 aliphatic heterocycles. The summed E-state index contributed by atoms with van der Waals surface area (Å²) in [5.41, 5.74) is -2.82. The van der Waals surface area contributed by atoms with E-state index in [2.05, 4.69) is 0 Å². The molecule has 0 fully saturated rings. The zero-order chi connectivity index (χ0) is 12.5. The molecule has 0 spiro atoms. The van der Waals surface area contributed by atoms with Crippen LogP contribution in [0.15, 0.2) is 48.3 Å². The summed E-state index contributed by atoms with van der Waals surface area (Å²) in [6, 6.07) is 5.37. The second-order valence-corrected chi connectivity index (χ2v) is 3.60. The van der Waals surface area contributed by atoms with Gasteiger partial charge in [-0.2, -0.15) is 0 Å². The molecule has 1 unspecified atom stereocenters. The summed E-state index contributed by atoms with van der Waals surface area (Å²) in [6.45, 7) is 0. The van der Waals surface area contributed by atoms with Crippen molar-refractivity contribution in [1.29, 1.82) is 0 Å². The first-order chi connectivity index (χ1) is 8.03. The van der Waals surface area contributed by atoms with Crippen molar-refractivity contribution in [3.63, 3.8) is 0 Å². The Labute approximate surface area is 96.2 Å². The van der Waals surface area contributed by atoms with Gasteiger partial charge < -0.3 is 0 Å². The molecule has 1 atom stereocenters. The smallest absolute Gasteiger partial charge is 0.258 e. The zero-order valence-electron chi connectivity index (χ0n) is 8.64. The Hall–Kier alpha value is -2.04. The minimum atomic E-state index is -2.28. The van der Waals surface area contributed by atoms with E-state index in [1.54, 1.807) is 0 Å². The molecule has 0 saturated heterocycles. The van der Waals surface area contributed by atoms with Crippen molar-refractivity contribution < 1.29 is 13.7 Å². The predicted octanol–water partition coefficient (Wildman–Crippen LogP) is 3.39. The Balaban J connectivity index is 2.54. The van der Waals surface area contributed by atoms with Gasteiger partial charge in [0, 0.05) is 12.5 Å². The van der Waals surface area contributed by atoms with Gasteiger partial charge in [0.15, 0.2) is 5.67 Å². The van der Waals surface area contributed by atoms with Crippen LogP contribution >= 0.6 is 0 Å². The first-order valence-electron chi connectivity index (χ1n) is 4.87. The van der Waals surface area contributed by atoms with E-state index in [9.17, 15) is 18.9 Å². The summed E-state index contributed by atoms with van der Waals surface area (Å²) in [5, 5.41) is 10.8. The van der Waals surface area contributed by atoms with E-state index < -0.39 is 16.4 Å². The van der Waals surface area contributed by atoms with E-state index in [-0.39, 0.29) is 11.3 Å². The number of allylic oxidation sites excluding steroid dienone is 4. The second kappa shape index (κ2) is 4.08. The van der Waals surface area contributed by atoms with E-state index in [1.165, 1.54) is 30.3 Å². The zero-order valence-corrected chi connectivity index (χ0v) is 8.64. The number of halogens is 2. The third kappa shape index (κ3) is 2.08. The topological polar surface area (TPSA) is 43.1 Å². The van der Waals surface area contributed by atoms with E-state index in [4.69, 9.17) is 0 Å². The molecule has 3 nitrogen and oxygen atoms in total. The van der Waals surface area contributed by atoms with Gasteiger partial charge in [-0.25, -0.2) is 8.78 Å². The van der Waals surface area contributed by atoms with Crippen molar-refractivity contribution in [1.82, 2.24) is 0 Å². The Morgan fingerprint density at radius 3 is 2.65 bits per heavy atom. The quantitative estimate of drug-likeness (QED) is 0.583. The molecule has 1 aliphatic rings. The van der Waals surface area contributed by atoms with Gasteiger partial charge in [0.05, 0.1) is 10.5 Å². The van der Waals surface area contributed by atoms with Crippen molar-refractivity contribution in [2.24, 2.45) is 0 Å². The van der Waals surface area contributed by atoms with Gasteiger partial charge in [-0.15, -0.1) is 0 Å². The van der Waals surface area contributed by atoms with Crippen LogP contribution in [0.2, 0.25) is 0 Å². The van der Waals surface area contributed by atoms with Gasteiger partial charge in [0.2, 0.25) is 0 Å². The maximum Gasteiger partial charge on any atom is 0.276 e. The maximum absolute atomic E-state index is 14.4. The predicted molar refractivity (Wildman–Crippen MR) is 58.5 cm³/mol. The Morgan fingerprint density at radius 1 is 1.29 bits per heavy atom. The number of alkyl halides is 1. The lowest BCUT2D eigenvalue weighted by Gasteiger charge is -2.22. The number of hydrogen-bond donors (Lipinski definition) is 0. The Bertz CT molecular complexity index is 525. The molecule has 0 heterocycles. The molecule has 1 aromatic carbocycles. The van der Waals surface area contributed by atoms with E-state index in [0.29, 0.717) is 0 Å².